The fraction of sp³-hybridized carbons (Fsp3) is 0.286. The van der Waals surface area contributed by atoms with Crippen LogP contribution in [-0.2, 0) is 16.1 Å². The number of rotatable bonds is 4. The molecule has 0 saturated heterocycles. The van der Waals surface area contributed by atoms with Crippen molar-refractivity contribution in [2.24, 2.45) is 0 Å². The number of halogens is 1. The van der Waals surface area contributed by atoms with Crippen LogP contribution in [-0.4, -0.2) is 24.7 Å². The minimum atomic E-state index is -0.378. The Hall–Kier alpha value is -1.60. The third kappa shape index (κ3) is 3.95. The highest BCUT2D eigenvalue weighted by Gasteiger charge is 2.20. The van der Waals surface area contributed by atoms with E-state index in [0.29, 0.717) is 28.7 Å². The summed E-state index contributed by atoms with van der Waals surface area (Å²) in [6.45, 7) is 2.30. The lowest BCUT2D eigenvalue weighted by molar-refractivity contribution is -0.140. The van der Waals surface area contributed by atoms with Gasteiger partial charge in [-0.2, -0.15) is 0 Å². The molecule has 1 aromatic rings. The average Bonchev–Trinajstić information content (AvgIpc) is 2.45. The van der Waals surface area contributed by atoms with Gasteiger partial charge in [0.1, 0.15) is 12.4 Å². The Labute approximate surface area is 136 Å². The number of carbonyl (C=O) groups is 1. The summed E-state index contributed by atoms with van der Waals surface area (Å²) < 4.78 is 11.5. The van der Waals surface area contributed by atoms with Crippen LogP contribution >= 0.6 is 28.1 Å². The number of esters is 1. The van der Waals surface area contributed by atoms with Crippen LogP contribution in [0, 0.1) is 0 Å². The Bertz CT molecular complexity index is 616. The number of thiocarbonyl (C=S) groups is 1. The van der Waals surface area contributed by atoms with Gasteiger partial charge in [0.2, 0.25) is 0 Å². The predicted molar refractivity (Wildman–Crippen MR) is 86.9 cm³/mol. The highest BCUT2D eigenvalue weighted by atomic mass is 79.9. The topological polar surface area (TPSA) is 59.6 Å². The molecule has 1 aromatic carbocycles. The van der Waals surface area contributed by atoms with Crippen molar-refractivity contribution in [1.29, 1.82) is 0 Å². The molecular formula is C14H15BrN2O3S. The molecule has 2 rings (SSSR count). The summed E-state index contributed by atoms with van der Waals surface area (Å²) in [7, 11) is 1.58. The Balaban J connectivity index is 2.06. The smallest absolute Gasteiger partial charge is 0.337 e. The second kappa shape index (κ2) is 6.91. The fourth-order valence-electron chi connectivity index (χ4n) is 1.91. The van der Waals surface area contributed by atoms with Crippen molar-refractivity contribution in [3.63, 3.8) is 0 Å². The summed E-state index contributed by atoms with van der Waals surface area (Å²) in [5, 5.41) is 6.32. The number of allylic oxidation sites excluding steroid dienone is 1. The van der Waals surface area contributed by atoms with Gasteiger partial charge in [0, 0.05) is 15.7 Å². The van der Waals surface area contributed by atoms with E-state index in [1.54, 1.807) is 14.0 Å². The monoisotopic (exact) mass is 370 g/mol. The molecule has 0 amide bonds. The number of hydrogen-bond donors (Lipinski definition) is 2. The number of carbonyl (C=O) groups excluding carboxylic acids is 1. The van der Waals surface area contributed by atoms with Crippen LogP contribution in [0.4, 0.5) is 0 Å². The first kappa shape index (κ1) is 15.8. The minimum Gasteiger partial charge on any atom is -0.496 e. The second-order valence-corrected chi connectivity index (χ2v) is 5.77. The molecule has 0 radical (unpaired) electrons. The third-order valence-corrected chi connectivity index (χ3v) is 3.77. The van der Waals surface area contributed by atoms with Gasteiger partial charge in [-0.05, 0) is 37.3 Å². The number of methoxy groups -OCH3 is 1. The molecule has 0 aliphatic carbocycles. The summed E-state index contributed by atoms with van der Waals surface area (Å²) in [4.78, 5) is 12.1. The lowest BCUT2D eigenvalue weighted by atomic mass is 10.2. The van der Waals surface area contributed by atoms with Gasteiger partial charge in [0.25, 0.3) is 0 Å². The van der Waals surface area contributed by atoms with Crippen molar-refractivity contribution < 1.29 is 14.3 Å². The Morgan fingerprint density at radius 3 is 2.90 bits per heavy atom. The van der Waals surface area contributed by atoms with E-state index in [2.05, 4.69) is 26.6 Å². The van der Waals surface area contributed by atoms with Gasteiger partial charge >= 0.3 is 5.97 Å². The van der Waals surface area contributed by atoms with Gasteiger partial charge in [0.15, 0.2) is 5.11 Å². The van der Waals surface area contributed by atoms with Crippen LogP contribution in [0.25, 0.3) is 0 Å². The number of hydrogen-bond acceptors (Lipinski definition) is 4. The lowest BCUT2D eigenvalue weighted by Crippen LogP contribution is -2.42. The molecule has 0 bridgehead atoms. The SMILES string of the molecule is COc1ccc(Br)cc1COC(=O)C1=C(C)NC(=S)NC1. The zero-order valence-electron chi connectivity index (χ0n) is 11.7. The van der Waals surface area contributed by atoms with Crippen LogP contribution in [0.15, 0.2) is 33.9 Å². The van der Waals surface area contributed by atoms with Gasteiger partial charge in [-0.25, -0.2) is 4.79 Å². The van der Waals surface area contributed by atoms with Crippen LogP contribution in [0.3, 0.4) is 0 Å². The van der Waals surface area contributed by atoms with Gasteiger partial charge in [-0.1, -0.05) is 15.9 Å². The summed E-state index contributed by atoms with van der Waals surface area (Å²) >= 11 is 8.37. The standard InChI is InChI=1S/C14H15BrN2O3S/c1-8-11(6-16-14(21)17-8)13(18)20-7-9-5-10(15)3-4-12(9)19-2/h3-5H,6-7H2,1-2H3,(H2,16,17,21). The molecule has 21 heavy (non-hydrogen) atoms. The van der Waals surface area contributed by atoms with Gasteiger partial charge < -0.3 is 20.1 Å². The minimum absolute atomic E-state index is 0.142. The van der Waals surface area contributed by atoms with E-state index < -0.39 is 0 Å². The zero-order chi connectivity index (χ0) is 15.4. The van der Waals surface area contributed by atoms with Crippen LogP contribution in [0.2, 0.25) is 0 Å². The van der Waals surface area contributed by atoms with Crippen LogP contribution in [0.1, 0.15) is 12.5 Å². The Kier molecular flexibility index (Phi) is 5.19. The Morgan fingerprint density at radius 1 is 1.48 bits per heavy atom. The van der Waals surface area contributed by atoms with E-state index in [1.165, 1.54) is 0 Å². The third-order valence-electron chi connectivity index (χ3n) is 3.03. The molecule has 2 N–H and O–H groups in total. The normalized spacial score (nSPS) is 14.3. The van der Waals surface area contributed by atoms with E-state index in [9.17, 15) is 4.79 Å². The molecule has 1 aliphatic heterocycles. The first-order chi connectivity index (χ1) is 10.0. The van der Waals surface area contributed by atoms with E-state index >= 15 is 0 Å². The lowest BCUT2D eigenvalue weighted by Gasteiger charge is -2.21. The molecule has 0 saturated carbocycles. The summed E-state index contributed by atoms with van der Waals surface area (Å²) in [6, 6.07) is 5.55. The maximum absolute atomic E-state index is 12.1. The molecule has 1 aliphatic rings. The van der Waals surface area contributed by atoms with Crippen molar-refractivity contribution >= 4 is 39.2 Å². The molecule has 0 fully saturated rings. The van der Waals surface area contributed by atoms with Gasteiger partial charge in [-0.15, -0.1) is 0 Å². The molecule has 7 heteroatoms. The Morgan fingerprint density at radius 2 is 2.24 bits per heavy atom. The molecule has 112 valence electrons. The maximum Gasteiger partial charge on any atom is 0.337 e. The van der Waals surface area contributed by atoms with Crippen LogP contribution < -0.4 is 15.4 Å². The van der Waals surface area contributed by atoms with Gasteiger partial charge in [0.05, 0.1) is 19.2 Å². The molecular weight excluding hydrogens is 356 g/mol. The van der Waals surface area contributed by atoms with Crippen molar-refractivity contribution in [2.75, 3.05) is 13.7 Å². The van der Waals surface area contributed by atoms with Crippen molar-refractivity contribution in [1.82, 2.24) is 10.6 Å². The van der Waals surface area contributed by atoms with Crippen molar-refractivity contribution in [2.45, 2.75) is 13.5 Å². The van der Waals surface area contributed by atoms with E-state index in [-0.39, 0.29) is 12.6 Å². The highest BCUT2D eigenvalue weighted by molar-refractivity contribution is 9.10. The van der Waals surface area contributed by atoms with E-state index in [0.717, 1.165) is 10.0 Å². The quantitative estimate of drug-likeness (QED) is 0.626. The van der Waals surface area contributed by atoms with Crippen molar-refractivity contribution in [3.05, 3.63) is 39.5 Å². The van der Waals surface area contributed by atoms with Gasteiger partial charge in [-0.3, -0.25) is 0 Å². The molecule has 5 nitrogen and oxygen atoms in total. The fourth-order valence-corrected chi connectivity index (χ4v) is 2.54. The molecule has 0 aromatic heterocycles. The number of ether oxygens (including phenoxy) is 2. The summed E-state index contributed by atoms with van der Waals surface area (Å²) in [6.07, 6.45) is 0. The predicted octanol–water partition coefficient (Wildman–Crippen LogP) is 2.25. The second-order valence-electron chi connectivity index (χ2n) is 4.44. The summed E-state index contributed by atoms with van der Waals surface area (Å²) in [5.74, 6) is 0.301. The highest BCUT2D eigenvalue weighted by Crippen LogP contribution is 2.24. The molecule has 0 unspecified atom stereocenters. The molecule has 1 heterocycles. The van der Waals surface area contributed by atoms with Crippen molar-refractivity contribution in [3.8, 4) is 5.75 Å². The average molecular weight is 371 g/mol. The zero-order valence-corrected chi connectivity index (χ0v) is 14.1. The van der Waals surface area contributed by atoms with E-state index in [4.69, 9.17) is 21.7 Å². The molecule has 0 spiro atoms. The first-order valence-corrected chi connectivity index (χ1v) is 7.45. The van der Waals surface area contributed by atoms with E-state index in [1.807, 2.05) is 18.2 Å². The summed E-state index contributed by atoms with van der Waals surface area (Å²) in [5.41, 5.74) is 2.05. The number of benzene rings is 1. The maximum atomic E-state index is 12.1. The number of nitrogens with one attached hydrogen (secondary N) is 2. The molecule has 0 atom stereocenters. The van der Waals surface area contributed by atoms with Crippen LogP contribution in [0.5, 0.6) is 5.75 Å². The largest absolute Gasteiger partial charge is 0.496 e. The first-order valence-electron chi connectivity index (χ1n) is 6.25.